The Morgan fingerprint density at radius 3 is 2.38 bits per heavy atom. The van der Waals surface area contributed by atoms with Crippen LogP contribution in [0.3, 0.4) is 0 Å². The van der Waals surface area contributed by atoms with E-state index in [1.165, 1.54) is 11.1 Å². The largest absolute Gasteiger partial charge is 0.468 e. The maximum Gasteiger partial charge on any atom is 0.117 e. The van der Waals surface area contributed by atoms with E-state index < -0.39 is 0 Å². The summed E-state index contributed by atoms with van der Waals surface area (Å²) in [5.74, 6) is 1.03. The zero-order valence-corrected chi connectivity index (χ0v) is 13.1. The standard InChI is InChI=1S/C18H26N2O/c1-3-19-12-11-16-7-9-17(10-8-16)14-20(4-2)15-18-6-5-13-21-18/h5-10,13,19H,3-4,11-12,14-15H2,1-2H3. The molecule has 0 aliphatic heterocycles. The van der Waals surface area contributed by atoms with Crippen LogP contribution in [0.15, 0.2) is 47.1 Å². The van der Waals surface area contributed by atoms with E-state index in [0.29, 0.717) is 0 Å². The highest BCUT2D eigenvalue weighted by Gasteiger charge is 2.06. The molecule has 0 radical (unpaired) electrons. The van der Waals surface area contributed by atoms with E-state index in [4.69, 9.17) is 4.42 Å². The number of benzene rings is 1. The average molecular weight is 286 g/mol. The normalized spacial score (nSPS) is 11.2. The van der Waals surface area contributed by atoms with Gasteiger partial charge in [0.05, 0.1) is 12.8 Å². The second kappa shape index (κ2) is 8.65. The van der Waals surface area contributed by atoms with Gasteiger partial charge in [0, 0.05) is 6.54 Å². The van der Waals surface area contributed by atoms with Crippen molar-refractivity contribution in [3.63, 3.8) is 0 Å². The van der Waals surface area contributed by atoms with Gasteiger partial charge in [-0.25, -0.2) is 0 Å². The van der Waals surface area contributed by atoms with E-state index in [1.54, 1.807) is 6.26 Å². The van der Waals surface area contributed by atoms with Gasteiger partial charge in [0.15, 0.2) is 0 Å². The first kappa shape index (κ1) is 15.8. The summed E-state index contributed by atoms with van der Waals surface area (Å²) >= 11 is 0. The van der Waals surface area contributed by atoms with E-state index in [9.17, 15) is 0 Å². The minimum atomic E-state index is 0.867. The van der Waals surface area contributed by atoms with E-state index >= 15 is 0 Å². The molecule has 3 heteroatoms. The zero-order chi connectivity index (χ0) is 14.9. The molecule has 0 fully saturated rings. The number of nitrogens with zero attached hydrogens (tertiary/aromatic N) is 1. The molecule has 0 unspecified atom stereocenters. The molecule has 0 aliphatic rings. The Balaban J connectivity index is 1.86. The zero-order valence-electron chi connectivity index (χ0n) is 13.1. The molecule has 2 aromatic rings. The van der Waals surface area contributed by atoms with Crippen molar-refractivity contribution in [1.29, 1.82) is 0 Å². The fourth-order valence-electron chi connectivity index (χ4n) is 2.38. The van der Waals surface area contributed by atoms with Crippen LogP contribution in [0.25, 0.3) is 0 Å². The van der Waals surface area contributed by atoms with E-state index in [0.717, 1.165) is 44.9 Å². The fourth-order valence-corrected chi connectivity index (χ4v) is 2.38. The summed E-state index contributed by atoms with van der Waals surface area (Å²) in [4.78, 5) is 2.38. The summed E-state index contributed by atoms with van der Waals surface area (Å²) in [6, 6.07) is 13.0. The molecule has 1 aromatic heterocycles. The lowest BCUT2D eigenvalue weighted by Crippen LogP contribution is -2.22. The molecule has 114 valence electrons. The van der Waals surface area contributed by atoms with Crippen LogP contribution in [0, 0.1) is 0 Å². The van der Waals surface area contributed by atoms with Gasteiger partial charge in [0.25, 0.3) is 0 Å². The van der Waals surface area contributed by atoms with Gasteiger partial charge in [0.1, 0.15) is 5.76 Å². The fraction of sp³-hybridized carbons (Fsp3) is 0.444. The molecule has 0 saturated carbocycles. The maximum atomic E-state index is 5.43. The topological polar surface area (TPSA) is 28.4 Å². The SMILES string of the molecule is CCNCCc1ccc(CN(CC)Cc2ccco2)cc1. The van der Waals surface area contributed by atoms with Crippen LogP contribution in [0.1, 0.15) is 30.7 Å². The lowest BCUT2D eigenvalue weighted by Gasteiger charge is -2.19. The third-order valence-corrected chi connectivity index (χ3v) is 3.68. The summed E-state index contributed by atoms with van der Waals surface area (Å²) in [6.07, 6.45) is 2.83. The Morgan fingerprint density at radius 2 is 1.76 bits per heavy atom. The lowest BCUT2D eigenvalue weighted by atomic mass is 10.1. The molecule has 0 saturated heterocycles. The van der Waals surface area contributed by atoms with Gasteiger partial charge in [-0.3, -0.25) is 4.90 Å². The molecule has 1 N–H and O–H groups in total. The van der Waals surface area contributed by atoms with Crippen molar-refractivity contribution in [3.8, 4) is 0 Å². The maximum absolute atomic E-state index is 5.43. The number of hydrogen-bond acceptors (Lipinski definition) is 3. The van der Waals surface area contributed by atoms with Crippen LogP contribution in [-0.2, 0) is 19.5 Å². The number of nitrogens with one attached hydrogen (secondary N) is 1. The summed E-state index contributed by atoms with van der Waals surface area (Å²) < 4.78 is 5.43. The first-order valence-electron chi connectivity index (χ1n) is 7.85. The molecule has 1 aromatic carbocycles. The van der Waals surface area contributed by atoms with E-state index in [2.05, 4.69) is 48.3 Å². The number of likely N-dealkylation sites (N-methyl/N-ethyl adjacent to an activating group) is 1. The first-order chi connectivity index (χ1) is 10.3. The van der Waals surface area contributed by atoms with Gasteiger partial charge in [-0.05, 0) is 49.3 Å². The lowest BCUT2D eigenvalue weighted by molar-refractivity contribution is 0.248. The molecule has 0 amide bonds. The van der Waals surface area contributed by atoms with Crippen LogP contribution in [0.5, 0.6) is 0 Å². The van der Waals surface area contributed by atoms with Crippen LogP contribution in [0.4, 0.5) is 0 Å². The van der Waals surface area contributed by atoms with Crippen LogP contribution >= 0.6 is 0 Å². The Labute approximate surface area is 128 Å². The van der Waals surface area contributed by atoms with Crippen molar-refractivity contribution in [2.45, 2.75) is 33.4 Å². The van der Waals surface area contributed by atoms with Gasteiger partial charge < -0.3 is 9.73 Å². The number of furan rings is 1. The smallest absolute Gasteiger partial charge is 0.117 e. The van der Waals surface area contributed by atoms with Crippen molar-refractivity contribution in [1.82, 2.24) is 10.2 Å². The highest BCUT2D eigenvalue weighted by atomic mass is 16.3. The minimum Gasteiger partial charge on any atom is -0.468 e. The predicted molar refractivity (Wildman–Crippen MR) is 87.2 cm³/mol. The highest BCUT2D eigenvalue weighted by Crippen LogP contribution is 2.11. The second-order valence-electron chi connectivity index (χ2n) is 5.30. The highest BCUT2D eigenvalue weighted by molar-refractivity contribution is 5.22. The van der Waals surface area contributed by atoms with Crippen molar-refractivity contribution >= 4 is 0 Å². The molecule has 0 aliphatic carbocycles. The van der Waals surface area contributed by atoms with Gasteiger partial charge in [-0.15, -0.1) is 0 Å². The molecule has 0 spiro atoms. The predicted octanol–water partition coefficient (Wildman–Crippen LogP) is 3.45. The monoisotopic (exact) mass is 286 g/mol. The van der Waals surface area contributed by atoms with Crippen molar-refractivity contribution in [2.75, 3.05) is 19.6 Å². The Bertz CT molecular complexity index is 490. The van der Waals surface area contributed by atoms with Crippen LogP contribution in [0.2, 0.25) is 0 Å². The third-order valence-electron chi connectivity index (χ3n) is 3.68. The first-order valence-corrected chi connectivity index (χ1v) is 7.85. The molecule has 1 heterocycles. The van der Waals surface area contributed by atoms with Gasteiger partial charge in [-0.2, -0.15) is 0 Å². The molecule has 0 atom stereocenters. The summed E-state index contributed by atoms with van der Waals surface area (Å²) in [7, 11) is 0. The average Bonchev–Trinajstić information content (AvgIpc) is 3.01. The Kier molecular flexibility index (Phi) is 6.51. The van der Waals surface area contributed by atoms with E-state index in [1.807, 2.05) is 12.1 Å². The Hall–Kier alpha value is -1.58. The molecular formula is C18H26N2O. The van der Waals surface area contributed by atoms with Gasteiger partial charge in [0.2, 0.25) is 0 Å². The minimum absolute atomic E-state index is 0.867. The quantitative estimate of drug-likeness (QED) is 0.716. The van der Waals surface area contributed by atoms with Gasteiger partial charge in [-0.1, -0.05) is 38.1 Å². The van der Waals surface area contributed by atoms with Crippen LogP contribution in [-0.4, -0.2) is 24.5 Å². The molecular weight excluding hydrogens is 260 g/mol. The molecule has 0 bridgehead atoms. The number of rotatable bonds is 9. The van der Waals surface area contributed by atoms with Crippen molar-refractivity contribution in [3.05, 3.63) is 59.5 Å². The number of hydrogen-bond donors (Lipinski definition) is 1. The van der Waals surface area contributed by atoms with Crippen LogP contribution < -0.4 is 5.32 Å². The summed E-state index contributed by atoms with van der Waals surface area (Å²) in [6.45, 7) is 9.26. The molecule has 3 nitrogen and oxygen atoms in total. The summed E-state index contributed by atoms with van der Waals surface area (Å²) in [5, 5.41) is 3.36. The van der Waals surface area contributed by atoms with Crippen molar-refractivity contribution < 1.29 is 4.42 Å². The van der Waals surface area contributed by atoms with Crippen molar-refractivity contribution in [2.24, 2.45) is 0 Å². The molecule has 21 heavy (non-hydrogen) atoms. The summed E-state index contributed by atoms with van der Waals surface area (Å²) in [5.41, 5.74) is 2.75. The third kappa shape index (κ3) is 5.37. The Morgan fingerprint density at radius 1 is 1.00 bits per heavy atom. The van der Waals surface area contributed by atoms with Gasteiger partial charge >= 0.3 is 0 Å². The molecule has 2 rings (SSSR count). The van der Waals surface area contributed by atoms with E-state index in [-0.39, 0.29) is 0 Å². The second-order valence-corrected chi connectivity index (χ2v) is 5.30.